The van der Waals surface area contributed by atoms with Gasteiger partial charge in [0.15, 0.2) is 0 Å². The molecular weight excluding hydrogens is 284 g/mol. The fraction of sp³-hybridized carbons (Fsp3) is 0.200. The third-order valence-electron chi connectivity index (χ3n) is 2.91. The SMILES string of the molecule is C=CCNC(=O)c1sc(N(C)Cc2ccncc2)cc1N. The van der Waals surface area contributed by atoms with E-state index in [1.54, 1.807) is 18.5 Å². The molecule has 5 nitrogen and oxygen atoms in total. The summed E-state index contributed by atoms with van der Waals surface area (Å²) in [5.74, 6) is -0.166. The number of anilines is 2. The van der Waals surface area contributed by atoms with E-state index in [-0.39, 0.29) is 5.91 Å². The summed E-state index contributed by atoms with van der Waals surface area (Å²) in [4.78, 5) is 18.6. The standard InChI is InChI=1S/C15H18N4OS/c1-3-6-18-15(20)14-12(16)9-13(21-14)19(2)10-11-4-7-17-8-5-11/h3-5,7-9H,1,6,10,16H2,2H3,(H,18,20). The molecule has 0 spiro atoms. The quantitative estimate of drug-likeness (QED) is 0.803. The number of rotatable bonds is 6. The Hall–Kier alpha value is -2.34. The molecule has 0 saturated heterocycles. The highest BCUT2D eigenvalue weighted by atomic mass is 32.1. The van der Waals surface area contributed by atoms with Crippen LogP contribution < -0.4 is 16.0 Å². The van der Waals surface area contributed by atoms with E-state index >= 15 is 0 Å². The molecule has 0 unspecified atom stereocenters. The fourth-order valence-electron chi connectivity index (χ4n) is 1.84. The lowest BCUT2D eigenvalue weighted by Gasteiger charge is -2.16. The molecule has 2 aromatic rings. The zero-order valence-electron chi connectivity index (χ0n) is 11.9. The summed E-state index contributed by atoms with van der Waals surface area (Å²) in [6, 6.07) is 5.75. The van der Waals surface area contributed by atoms with Gasteiger partial charge in [0.1, 0.15) is 4.88 Å². The highest BCUT2D eigenvalue weighted by molar-refractivity contribution is 7.18. The second-order valence-electron chi connectivity index (χ2n) is 4.58. The summed E-state index contributed by atoms with van der Waals surface area (Å²) >= 11 is 1.38. The maximum atomic E-state index is 12.0. The molecule has 2 rings (SSSR count). The summed E-state index contributed by atoms with van der Waals surface area (Å²) in [7, 11) is 1.97. The first-order valence-electron chi connectivity index (χ1n) is 6.50. The van der Waals surface area contributed by atoms with Crippen molar-refractivity contribution >= 4 is 27.9 Å². The zero-order valence-corrected chi connectivity index (χ0v) is 12.7. The van der Waals surface area contributed by atoms with Crippen molar-refractivity contribution < 1.29 is 4.79 Å². The average Bonchev–Trinajstić information content (AvgIpc) is 2.88. The number of nitrogens with zero attached hydrogens (tertiary/aromatic N) is 2. The van der Waals surface area contributed by atoms with E-state index in [1.807, 2.05) is 25.2 Å². The van der Waals surface area contributed by atoms with Crippen LogP contribution in [0.5, 0.6) is 0 Å². The minimum Gasteiger partial charge on any atom is -0.397 e. The van der Waals surface area contributed by atoms with Gasteiger partial charge in [-0.3, -0.25) is 9.78 Å². The van der Waals surface area contributed by atoms with Crippen molar-refractivity contribution in [1.82, 2.24) is 10.3 Å². The fourth-order valence-corrected chi connectivity index (χ4v) is 2.80. The molecule has 1 amide bonds. The van der Waals surface area contributed by atoms with Gasteiger partial charge in [-0.2, -0.15) is 0 Å². The Morgan fingerprint density at radius 3 is 2.90 bits per heavy atom. The molecule has 0 aromatic carbocycles. The number of amides is 1. The maximum Gasteiger partial charge on any atom is 0.263 e. The predicted molar refractivity (Wildman–Crippen MR) is 87.6 cm³/mol. The Bertz CT molecular complexity index is 624. The normalized spacial score (nSPS) is 10.1. The van der Waals surface area contributed by atoms with Gasteiger partial charge in [-0.1, -0.05) is 6.08 Å². The molecule has 0 aliphatic carbocycles. The summed E-state index contributed by atoms with van der Waals surface area (Å²) in [5.41, 5.74) is 7.58. The highest BCUT2D eigenvalue weighted by Gasteiger charge is 2.15. The van der Waals surface area contributed by atoms with Gasteiger partial charge in [0.05, 0.1) is 10.7 Å². The Kier molecular flexibility index (Phi) is 4.94. The summed E-state index contributed by atoms with van der Waals surface area (Å²) in [6.45, 7) is 4.73. The van der Waals surface area contributed by atoms with Crippen molar-refractivity contribution in [2.24, 2.45) is 0 Å². The van der Waals surface area contributed by atoms with Crippen LogP contribution in [0, 0.1) is 0 Å². The molecule has 21 heavy (non-hydrogen) atoms. The van der Waals surface area contributed by atoms with Gasteiger partial charge in [0, 0.05) is 32.5 Å². The van der Waals surface area contributed by atoms with E-state index < -0.39 is 0 Å². The minimum atomic E-state index is -0.166. The van der Waals surface area contributed by atoms with Gasteiger partial charge in [0.25, 0.3) is 5.91 Å². The van der Waals surface area contributed by atoms with Gasteiger partial charge < -0.3 is 16.0 Å². The van der Waals surface area contributed by atoms with Crippen LogP contribution in [-0.2, 0) is 6.54 Å². The van der Waals surface area contributed by atoms with Crippen molar-refractivity contribution in [3.8, 4) is 0 Å². The Balaban J connectivity index is 2.10. The number of thiophene rings is 1. The number of pyridine rings is 1. The van der Waals surface area contributed by atoms with Gasteiger partial charge in [-0.05, 0) is 23.8 Å². The Morgan fingerprint density at radius 1 is 1.52 bits per heavy atom. The van der Waals surface area contributed by atoms with Crippen LogP contribution in [0.1, 0.15) is 15.2 Å². The number of hydrogen-bond acceptors (Lipinski definition) is 5. The van der Waals surface area contributed by atoms with Crippen LogP contribution in [-0.4, -0.2) is 24.5 Å². The van der Waals surface area contributed by atoms with Crippen molar-refractivity contribution in [2.75, 3.05) is 24.2 Å². The predicted octanol–water partition coefficient (Wildman–Crippen LogP) is 2.28. The molecule has 2 heterocycles. The van der Waals surface area contributed by atoms with Crippen LogP contribution in [0.25, 0.3) is 0 Å². The monoisotopic (exact) mass is 302 g/mol. The van der Waals surface area contributed by atoms with Gasteiger partial charge in [0.2, 0.25) is 0 Å². The average molecular weight is 302 g/mol. The molecule has 0 saturated carbocycles. The van der Waals surface area contributed by atoms with E-state index in [2.05, 4.69) is 21.8 Å². The first kappa shape index (κ1) is 15.1. The third-order valence-corrected chi connectivity index (χ3v) is 4.17. The number of aromatic nitrogens is 1. The van der Waals surface area contributed by atoms with Crippen molar-refractivity contribution in [2.45, 2.75) is 6.54 Å². The first-order chi connectivity index (χ1) is 10.1. The lowest BCUT2D eigenvalue weighted by molar-refractivity contribution is 0.0963. The second kappa shape index (κ2) is 6.90. The van der Waals surface area contributed by atoms with Crippen LogP contribution in [0.3, 0.4) is 0 Å². The molecule has 0 radical (unpaired) electrons. The number of carbonyl (C=O) groups excluding carboxylic acids is 1. The third kappa shape index (κ3) is 3.82. The lowest BCUT2D eigenvalue weighted by atomic mass is 10.2. The number of nitrogens with one attached hydrogen (secondary N) is 1. The van der Waals surface area contributed by atoms with E-state index in [1.165, 1.54) is 11.3 Å². The summed E-state index contributed by atoms with van der Waals surface area (Å²) in [5, 5.41) is 3.69. The molecule has 3 N–H and O–H groups in total. The number of nitrogens with two attached hydrogens (primary N) is 1. The Labute approximate surface area is 128 Å². The Morgan fingerprint density at radius 2 is 2.24 bits per heavy atom. The smallest absolute Gasteiger partial charge is 0.263 e. The van der Waals surface area contributed by atoms with E-state index in [4.69, 9.17) is 5.73 Å². The maximum absolute atomic E-state index is 12.0. The molecule has 0 bridgehead atoms. The van der Waals surface area contributed by atoms with Crippen molar-refractivity contribution in [1.29, 1.82) is 0 Å². The number of carbonyl (C=O) groups is 1. The highest BCUT2D eigenvalue weighted by Crippen LogP contribution is 2.32. The van der Waals surface area contributed by atoms with Crippen molar-refractivity contribution in [3.63, 3.8) is 0 Å². The first-order valence-corrected chi connectivity index (χ1v) is 7.32. The lowest BCUT2D eigenvalue weighted by Crippen LogP contribution is -2.22. The van der Waals surface area contributed by atoms with Crippen LogP contribution in [0.2, 0.25) is 0 Å². The minimum absolute atomic E-state index is 0.166. The number of hydrogen-bond donors (Lipinski definition) is 2. The molecular formula is C15H18N4OS. The topological polar surface area (TPSA) is 71.2 Å². The van der Waals surface area contributed by atoms with E-state index in [0.717, 1.165) is 17.1 Å². The molecule has 0 fully saturated rings. The largest absolute Gasteiger partial charge is 0.397 e. The van der Waals surface area contributed by atoms with Crippen LogP contribution >= 0.6 is 11.3 Å². The van der Waals surface area contributed by atoms with Gasteiger partial charge in [-0.15, -0.1) is 17.9 Å². The van der Waals surface area contributed by atoms with Crippen LogP contribution in [0.4, 0.5) is 10.7 Å². The molecule has 2 aromatic heterocycles. The molecule has 0 atom stereocenters. The van der Waals surface area contributed by atoms with E-state index in [9.17, 15) is 4.79 Å². The molecule has 6 heteroatoms. The summed E-state index contributed by atoms with van der Waals surface area (Å²) < 4.78 is 0. The zero-order chi connectivity index (χ0) is 15.2. The van der Waals surface area contributed by atoms with Crippen molar-refractivity contribution in [3.05, 3.63) is 53.7 Å². The molecule has 110 valence electrons. The number of nitrogen functional groups attached to an aromatic ring is 1. The summed E-state index contributed by atoms with van der Waals surface area (Å²) in [6.07, 6.45) is 5.17. The van der Waals surface area contributed by atoms with Gasteiger partial charge in [-0.25, -0.2) is 0 Å². The molecule has 0 aliphatic heterocycles. The second-order valence-corrected chi connectivity index (χ2v) is 5.61. The van der Waals surface area contributed by atoms with Gasteiger partial charge >= 0.3 is 0 Å². The van der Waals surface area contributed by atoms with Crippen LogP contribution in [0.15, 0.2) is 43.2 Å². The van der Waals surface area contributed by atoms with E-state index in [0.29, 0.717) is 17.1 Å². The molecule has 0 aliphatic rings.